The molecule has 2 rings (SSSR count). The predicted molar refractivity (Wildman–Crippen MR) is 82.6 cm³/mol. The van der Waals surface area contributed by atoms with Crippen molar-refractivity contribution < 1.29 is 9.47 Å². The zero-order valence-corrected chi connectivity index (χ0v) is 12.9. The summed E-state index contributed by atoms with van der Waals surface area (Å²) in [5, 5.41) is 7.37. The molecule has 2 aromatic rings. The van der Waals surface area contributed by atoms with E-state index in [2.05, 4.69) is 17.3 Å². The van der Waals surface area contributed by atoms with E-state index in [1.54, 1.807) is 0 Å². The molecule has 0 amide bonds. The summed E-state index contributed by atoms with van der Waals surface area (Å²) in [6.45, 7) is 6.82. The third kappa shape index (κ3) is 4.23. The van der Waals surface area contributed by atoms with E-state index < -0.39 is 0 Å². The Morgan fingerprint density at radius 3 is 2.67 bits per heavy atom. The van der Waals surface area contributed by atoms with Crippen LogP contribution in [0, 0.1) is 0 Å². The highest BCUT2D eigenvalue weighted by Gasteiger charge is 2.07. The average Bonchev–Trinajstić information content (AvgIpc) is 2.95. The summed E-state index contributed by atoms with van der Waals surface area (Å²) in [4.78, 5) is 0. The molecule has 1 aromatic carbocycles. The van der Waals surface area contributed by atoms with Gasteiger partial charge in [-0.3, -0.25) is 4.68 Å². The monoisotopic (exact) mass is 289 g/mol. The Bertz CT molecular complexity index is 566. The van der Waals surface area contributed by atoms with Crippen molar-refractivity contribution in [1.29, 1.82) is 0 Å². The van der Waals surface area contributed by atoms with Crippen LogP contribution < -0.4 is 14.8 Å². The second-order valence-corrected chi connectivity index (χ2v) is 4.74. The van der Waals surface area contributed by atoms with E-state index >= 15 is 0 Å². The molecule has 0 bridgehead atoms. The molecular formula is C16H23N3O2. The fourth-order valence-corrected chi connectivity index (χ4v) is 2.07. The van der Waals surface area contributed by atoms with E-state index in [4.69, 9.17) is 9.47 Å². The number of hydrogen-bond donors (Lipinski definition) is 1. The van der Waals surface area contributed by atoms with E-state index in [9.17, 15) is 0 Å². The number of nitrogens with one attached hydrogen (secondary N) is 1. The second kappa shape index (κ2) is 7.69. The van der Waals surface area contributed by atoms with Crippen LogP contribution in [-0.2, 0) is 19.7 Å². The first-order valence-corrected chi connectivity index (χ1v) is 7.31. The van der Waals surface area contributed by atoms with Crippen LogP contribution in [0.3, 0.4) is 0 Å². The van der Waals surface area contributed by atoms with Crippen molar-refractivity contribution in [2.24, 2.45) is 0 Å². The SMILES string of the molecule is CCOc1cc(CNC)ccc1OCc1cnn(CC)c1. The van der Waals surface area contributed by atoms with Gasteiger partial charge in [0.2, 0.25) is 0 Å². The molecule has 1 N–H and O–H groups in total. The van der Waals surface area contributed by atoms with Crippen LogP contribution in [0.5, 0.6) is 11.5 Å². The molecule has 0 atom stereocenters. The quantitative estimate of drug-likeness (QED) is 0.811. The van der Waals surface area contributed by atoms with E-state index in [0.717, 1.165) is 30.2 Å². The summed E-state index contributed by atoms with van der Waals surface area (Å²) < 4.78 is 13.4. The van der Waals surface area contributed by atoms with Crippen molar-refractivity contribution in [3.8, 4) is 11.5 Å². The molecule has 0 aliphatic carbocycles. The molecule has 1 heterocycles. The maximum absolute atomic E-state index is 5.87. The first-order chi connectivity index (χ1) is 10.3. The van der Waals surface area contributed by atoms with Crippen molar-refractivity contribution in [3.63, 3.8) is 0 Å². The van der Waals surface area contributed by atoms with Gasteiger partial charge < -0.3 is 14.8 Å². The number of benzene rings is 1. The van der Waals surface area contributed by atoms with Crippen molar-refractivity contribution in [1.82, 2.24) is 15.1 Å². The third-order valence-electron chi connectivity index (χ3n) is 3.09. The molecule has 0 spiro atoms. The molecule has 0 fully saturated rings. The van der Waals surface area contributed by atoms with E-state index in [1.165, 1.54) is 5.56 Å². The lowest BCUT2D eigenvalue weighted by Crippen LogP contribution is -2.06. The number of aryl methyl sites for hydroxylation is 1. The van der Waals surface area contributed by atoms with Gasteiger partial charge in [-0.05, 0) is 38.6 Å². The Morgan fingerprint density at radius 2 is 2.00 bits per heavy atom. The fraction of sp³-hybridized carbons (Fsp3) is 0.438. The topological polar surface area (TPSA) is 48.3 Å². The van der Waals surface area contributed by atoms with Crippen LogP contribution >= 0.6 is 0 Å². The first kappa shape index (κ1) is 15.4. The average molecular weight is 289 g/mol. The van der Waals surface area contributed by atoms with Crippen LogP contribution in [0.25, 0.3) is 0 Å². The summed E-state index contributed by atoms with van der Waals surface area (Å²) in [7, 11) is 1.93. The van der Waals surface area contributed by atoms with Gasteiger partial charge in [0.15, 0.2) is 11.5 Å². The minimum Gasteiger partial charge on any atom is -0.490 e. The number of hydrogen-bond acceptors (Lipinski definition) is 4. The molecule has 0 aliphatic heterocycles. The Hall–Kier alpha value is -2.01. The fourth-order valence-electron chi connectivity index (χ4n) is 2.07. The van der Waals surface area contributed by atoms with Gasteiger partial charge in [-0.15, -0.1) is 0 Å². The van der Waals surface area contributed by atoms with Crippen molar-refractivity contribution in [2.75, 3.05) is 13.7 Å². The van der Waals surface area contributed by atoms with Crippen LogP contribution in [-0.4, -0.2) is 23.4 Å². The normalized spacial score (nSPS) is 10.6. The Labute approximate surface area is 125 Å². The molecule has 21 heavy (non-hydrogen) atoms. The minimum absolute atomic E-state index is 0.492. The van der Waals surface area contributed by atoms with Gasteiger partial charge in [0.1, 0.15) is 6.61 Å². The van der Waals surface area contributed by atoms with Crippen LogP contribution in [0.15, 0.2) is 30.6 Å². The summed E-state index contributed by atoms with van der Waals surface area (Å²) in [5.41, 5.74) is 2.23. The summed E-state index contributed by atoms with van der Waals surface area (Å²) >= 11 is 0. The summed E-state index contributed by atoms with van der Waals surface area (Å²) in [6.07, 6.45) is 3.83. The number of nitrogens with zero attached hydrogens (tertiary/aromatic N) is 2. The standard InChI is InChI=1S/C16H23N3O2/c1-4-19-11-14(10-18-19)12-21-15-7-6-13(9-17-3)8-16(15)20-5-2/h6-8,10-11,17H,4-5,9,12H2,1-3H3. The van der Waals surface area contributed by atoms with Crippen molar-refractivity contribution in [2.45, 2.75) is 33.5 Å². The number of rotatable bonds is 8. The molecule has 114 valence electrons. The summed E-state index contributed by atoms with van der Waals surface area (Å²) in [5.74, 6) is 1.55. The molecule has 0 aliphatic rings. The lowest BCUT2D eigenvalue weighted by Gasteiger charge is -2.13. The molecule has 0 saturated carbocycles. The Balaban J connectivity index is 2.07. The zero-order chi connectivity index (χ0) is 15.1. The highest BCUT2D eigenvalue weighted by molar-refractivity contribution is 5.43. The third-order valence-corrected chi connectivity index (χ3v) is 3.09. The summed E-state index contributed by atoms with van der Waals surface area (Å²) in [6, 6.07) is 6.02. The second-order valence-electron chi connectivity index (χ2n) is 4.74. The van der Waals surface area contributed by atoms with Gasteiger partial charge in [-0.1, -0.05) is 6.07 Å². The minimum atomic E-state index is 0.492. The van der Waals surface area contributed by atoms with Gasteiger partial charge in [-0.25, -0.2) is 0 Å². The molecule has 5 heteroatoms. The first-order valence-electron chi connectivity index (χ1n) is 7.31. The van der Waals surface area contributed by atoms with Gasteiger partial charge in [0.05, 0.1) is 12.8 Å². The molecule has 0 unspecified atom stereocenters. The Morgan fingerprint density at radius 1 is 1.14 bits per heavy atom. The molecule has 0 saturated heterocycles. The highest BCUT2D eigenvalue weighted by atomic mass is 16.5. The molecular weight excluding hydrogens is 266 g/mol. The van der Waals surface area contributed by atoms with Crippen LogP contribution in [0.1, 0.15) is 25.0 Å². The van der Waals surface area contributed by atoms with Gasteiger partial charge >= 0.3 is 0 Å². The number of ether oxygens (including phenoxy) is 2. The lowest BCUT2D eigenvalue weighted by atomic mass is 10.2. The molecule has 0 radical (unpaired) electrons. The van der Waals surface area contributed by atoms with E-state index in [0.29, 0.717) is 13.2 Å². The molecule has 5 nitrogen and oxygen atoms in total. The van der Waals surface area contributed by atoms with Crippen LogP contribution in [0.2, 0.25) is 0 Å². The van der Waals surface area contributed by atoms with Crippen molar-refractivity contribution in [3.05, 3.63) is 41.7 Å². The van der Waals surface area contributed by atoms with Crippen LogP contribution in [0.4, 0.5) is 0 Å². The maximum Gasteiger partial charge on any atom is 0.161 e. The van der Waals surface area contributed by atoms with Gasteiger partial charge in [0, 0.05) is 24.8 Å². The van der Waals surface area contributed by atoms with E-state index in [1.807, 2.05) is 49.2 Å². The zero-order valence-electron chi connectivity index (χ0n) is 12.9. The Kier molecular flexibility index (Phi) is 5.63. The van der Waals surface area contributed by atoms with Crippen molar-refractivity contribution >= 4 is 0 Å². The molecule has 1 aromatic heterocycles. The van der Waals surface area contributed by atoms with Gasteiger partial charge in [-0.2, -0.15) is 5.10 Å². The smallest absolute Gasteiger partial charge is 0.161 e. The largest absolute Gasteiger partial charge is 0.490 e. The lowest BCUT2D eigenvalue weighted by molar-refractivity contribution is 0.269. The highest BCUT2D eigenvalue weighted by Crippen LogP contribution is 2.29. The van der Waals surface area contributed by atoms with E-state index in [-0.39, 0.29) is 0 Å². The van der Waals surface area contributed by atoms with Gasteiger partial charge in [0.25, 0.3) is 0 Å². The predicted octanol–water partition coefficient (Wildman–Crippen LogP) is 2.60. The maximum atomic E-state index is 5.87. The number of aromatic nitrogens is 2.